The number of nitrogens with one attached hydrogen (secondary N) is 1. The monoisotopic (exact) mass is 264 g/mol. The van der Waals surface area contributed by atoms with Gasteiger partial charge in [-0.05, 0) is 26.0 Å². The summed E-state index contributed by atoms with van der Waals surface area (Å²) in [5.41, 5.74) is -0.892. The Hall–Kier alpha value is -2.24. The van der Waals surface area contributed by atoms with Gasteiger partial charge in [0.05, 0.1) is 0 Å². The minimum absolute atomic E-state index is 0.534. The number of benzene rings is 1. The molecule has 0 saturated carbocycles. The fourth-order valence-corrected chi connectivity index (χ4v) is 1.86. The summed E-state index contributed by atoms with van der Waals surface area (Å²) >= 11 is 0. The number of para-hydroxylation sites is 1. The highest BCUT2D eigenvalue weighted by Gasteiger charge is 2.48. The van der Waals surface area contributed by atoms with E-state index in [4.69, 9.17) is 0 Å². The molecule has 0 spiro atoms. The van der Waals surface area contributed by atoms with Crippen LogP contribution in [-0.4, -0.2) is 22.7 Å². The van der Waals surface area contributed by atoms with Gasteiger partial charge in [0.1, 0.15) is 5.41 Å². The van der Waals surface area contributed by atoms with Crippen molar-refractivity contribution >= 4 is 17.4 Å². The molecule has 0 aliphatic rings. The van der Waals surface area contributed by atoms with E-state index >= 15 is 0 Å². The summed E-state index contributed by atoms with van der Waals surface area (Å²) in [6.45, 7) is 3.89. The number of anilines is 1. The summed E-state index contributed by atoms with van der Waals surface area (Å²) in [5, 5.41) is 13.5. The van der Waals surface area contributed by atoms with Gasteiger partial charge in [0.15, 0.2) is 0 Å². The summed E-state index contributed by atoms with van der Waals surface area (Å²) in [4.78, 5) is 33.7. The number of amides is 1. The minimum atomic E-state index is -1.56. The molecule has 1 aromatic carbocycles. The predicted octanol–water partition coefficient (Wildman–Crippen LogP) is 1.89. The Morgan fingerprint density at radius 3 is 2.21 bits per heavy atom. The summed E-state index contributed by atoms with van der Waals surface area (Å²) < 4.78 is 0. The van der Waals surface area contributed by atoms with Crippen molar-refractivity contribution in [2.45, 2.75) is 26.8 Å². The third-order valence-corrected chi connectivity index (χ3v) is 2.90. The van der Waals surface area contributed by atoms with E-state index in [0.717, 1.165) is 6.92 Å². The molecule has 19 heavy (non-hydrogen) atoms. The van der Waals surface area contributed by atoms with E-state index in [0.29, 0.717) is 5.69 Å². The molecular formula is C13H16N2O4. The molecule has 1 unspecified atom stereocenters. The van der Waals surface area contributed by atoms with Crippen LogP contribution in [0.3, 0.4) is 0 Å². The Morgan fingerprint density at radius 1 is 1.26 bits per heavy atom. The molecule has 0 heterocycles. The maximum Gasteiger partial charge on any atom is 0.283 e. The SMILES string of the molecule is CC(=O)C([N+](=O)[O-])C(C)(C)C(=O)Nc1ccccc1. The lowest BCUT2D eigenvalue weighted by atomic mass is 9.81. The van der Waals surface area contributed by atoms with Crippen LogP contribution in [0.25, 0.3) is 0 Å². The molecule has 0 fully saturated rings. The normalized spacial score (nSPS) is 12.6. The summed E-state index contributed by atoms with van der Waals surface area (Å²) in [5.74, 6) is -1.20. The third kappa shape index (κ3) is 3.37. The van der Waals surface area contributed by atoms with Crippen LogP contribution in [0.2, 0.25) is 0 Å². The highest BCUT2D eigenvalue weighted by molar-refractivity contribution is 5.99. The minimum Gasteiger partial charge on any atom is -0.325 e. The molecule has 1 atom stereocenters. The summed E-state index contributed by atoms with van der Waals surface area (Å²) in [6, 6.07) is 7.04. The molecule has 0 aromatic heterocycles. The molecule has 1 amide bonds. The molecular weight excluding hydrogens is 248 g/mol. The second kappa shape index (κ2) is 5.60. The number of Topliss-reactive ketones (excluding diaryl/α,β-unsaturated/α-hetero) is 1. The molecule has 6 heteroatoms. The maximum absolute atomic E-state index is 12.1. The van der Waals surface area contributed by atoms with Crippen LogP contribution in [0.5, 0.6) is 0 Å². The first-order valence-corrected chi connectivity index (χ1v) is 5.77. The molecule has 0 bridgehead atoms. The van der Waals surface area contributed by atoms with Crippen LogP contribution in [-0.2, 0) is 9.59 Å². The van der Waals surface area contributed by atoms with Gasteiger partial charge in [-0.1, -0.05) is 18.2 Å². The Bertz CT molecular complexity index is 483. The molecule has 6 nitrogen and oxygen atoms in total. The van der Waals surface area contributed by atoms with Gasteiger partial charge < -0.3 is 5.32 Å². The van der Waals surface area contributed by atoms with Gasteiger partial charge in [-0.25, -0.2) is 0 Å². The van der Waals surface area contributed by atoms with Gasteiger partial charge >= 0.3 is 0 Å². The third-order valence-electron chi connectivity index (χ3n) is 2.90. The van der Waals surface area contributed by atoms with Crippen LogP contribution in [0.15, 0.2) is 30.3 Å². The van der Waals surface area contributed by atoms with Gasteiger partial charge in [-0.15, -0.1) is 0 Å². The van der Waals surface area contributed by atoms with Crippen molar-refractivity contribution in [2.75, 3.05) is 5.32 Å². The lowest BCUT2D eigenvalue weighted by Crippen LogP contribution is -2.48. The van der Waals surface area contributed by atoms with Crippen molar-refractivity contribution < 1.29 is 14.5 Å². The van der Waals surface area contributed by atoms with Gasteiger partial charge in [-0.3, -0.25) is 19.7 Å². The Labute approximate surface area is 111 Å². The lowest BCUT2D eigenvalue weighted by molar-refractivity contribution is -0.520. The number of nitro groups is 1. The maximum atomic E-state index is 12.1. The number of hydrogen-bond donors (Lipinski definition) is 1. The number of rotatable bonds is 5. The topological polar surface area (TPSA) is 89.3 Å². The van der Waals surface area contributed by atoms with E-state index in [2.05, 4.69) is 5.32 Å². The van der Waals surface area contributed by atoms with Gasteiger partial charge in [0.2, 0.25) is 11.7 Å². The first-order valence-electron chi connectivity index (χ1n) is 5.77. The molecule has 1 aromatic rings. The van der Waals surface area contributed by atoms with E-state index in [1.807, 2.05) is 0 Å². The number of ketones is 1. The average Bonchev–Trinajstić information content (AvgIpc) is 2.28. The molecule has 0 radical (unpaired) electrons. The van der Waals surface area contributed by atoms with Crippen molar-refractivity contribution in [3.05, 3.63) is 40.4 Å². The van der Waals surface area contributed by atoms with Crippen LogP contribution >= 0.6 is 0 Å². The number of nitrogens with zero attached hydrogens (tertiary/aromatic N) is 1. The Morgan fingerprint density at radius 2 is 1.79 bits per heavy atom. The lowest BCUT2D eigenvalue weighted by Gasteiger charge is -2.25. The quantitative estimate of drug-likeness (QED) is 0.649. The average molecular weight is 264 g/mol. The molecule has 102 valence electrons. The first-order chi connectivity index (χ1) is 8.76. The molecule has 0 aliphatic carbocycles. The van der Waals surface area contributed by atoms with Crippen LogP contribution < -0.4 is 5.32 Å². The van der Waals surface area contributed by atoms with E-state index in [9.17, 15) is 19.7 Å². The smallest absolute Gasteiger partial charge is 0.283 e. The van der Waals surface area contributed by atoms with Crippen molar-refractivity contribution in [3.8, 4) is 0 Å². The van der Waals surface area contributed by atoms with Crippen molar-refractivity contribution in [3.63, 3.8) is 0 Å². The van der Waals surface area contributed by atoms with E-state index in [1.165, 1.54) is 13.8 Å². The van der Waals surface area contributed by atoms with Crippen molar-refractivity contribution in [1.29, 1.82) is 0 Å². The zero-order valence-corrected chi connectivity index (χ0v) is 11.0. The zero-order valence-electron chi connectivity index (χ0n) is 11.0. The number of carbonyl (C=O) groups is 2. The standard InChI is InChI=1S/C13H16N2O4/c1-9(16)11(15(18)19)13(2,3)12(17)14-10-7-5-4-6-8-10/h4-8,11H,1-3H3,(H,14,17). The van der Waals surface area contributed by atoms with Crippen LogP contribution in [0.1, 0.15) is 20.8 Å². The molecule has 0 aliphatic heterocycles. The first kappa shape index (κ1) is 14.8. The van der Waals surface area contributed by atoms with Crippen LogP contribution in [0.4, 0.5) is 5.69 Å². The second-order valence-electron chi connectivity index (χ2n) is 4.84. The predicted molar refractivity (Wildman–Crippen MR) is 70.3 cm³/mol. The van der Waals surface area contributed by atoms with Crippen molar-refractivity contribution in [2.24, 2.45) is 5.41 Å². The number of hydrogen-bond acceptors (Lipinski definition) is 4. The Kier molecular flexibility index (Phi) is 4.37. The highest BCUT2D eigenvalue weighted by atomic mass is 16.6. The fraction of sp³-hybridized carbons (Fsp3) is 0.385. The zero-order chi connectivity index (χ0) is 14.6. The molecule has 1 rings (SSSR count). The van der Waals surface area contributed by atoms with Gasteiger partial charge in [0.25, 0.3) is 6.04 Å². The fourth-order valence-electron chi connectivity index (χ4n) is 1.86. The highest BCUT2D eigenvalue weighted by Crippen LogP contribution is 2.26. The van der Waals surface area contributed by atoms with E-state index in [1.54, 1.807) is 30.3 Å². The summed E-state index contributed by atoms with van der Waals surface area (Å²) in [7, 11) is 0. The van der Waals surface area contributed by atoms with Gasteiger partial charge in [0, 0.05) is 17.5 Å². The van der Waals surface area contributed by atoms with Crippen molar-refractivity contribution in [1.82, 2.24) is 0 Å². The van der Waals surface area contributed by atoms with Crippen LogP contribution in [0, 0.1) is 15.5 Å². The Balaban J connectivity index is 2.95. The summed E-state index contributed by atoms with van der Waals surface area (Å²) in [6.07, 6.45) is 0. The second-order valence-corrected chi connectivity index (χ2v) is 4.84. The largest absolute Gasteiger partial charge is 0.325 e. The number of carbonyl (C=O) groups excluding carboxylic acids is 2. The van der Waals surface area contributed by atoms with E-state index in [-0.39, 0.29) is 0 Å². The molecule has 1 N–H and O–H groups in total. The van der Waals surface area contributed by atoms with E-state index < -0.39 is 28.1 Å². The molecule has 0 saturated heterocycles. The van der Waals surface area contributed by atoms with Gasteiger partial charge in [-0.2, -0.15) is 0 Å².